The van der Waals surface area contributed by atoms with Crippen molar-refractivity contribution >= 4 is 17.4 Å². The molecular weight excluding hydrogens is 207 g/mol. The van der Waals surface area contributed by atoms with Gasteiger partial charge in [0.25, 0.3) is 0 Å². The van der Waals surface area contributed by atoms with Crippen molar-refractivity contribution in [2.45, 2.75) is 6.92 Å². The van der Waals surface area contributed by atoms with E-state index in [0.29, 0.717) is 16.3 Å². The topological polar surface area (TPSA) is 26.3 Å². The molecule has 1 aromatic carbocycles. The zero-order valence-corrected chi connectivity index (χ0v) is 8.47. The van der Waals surface area contributed by atoms with Gasteiger partial charge in [-0.05, 0) is 25.1 Å². The van der Waals surface area contributed by atoms with Gasteiger partial charge in [0.05, 0.1) is 5.56 Å². The molecule has 2 nitrogen and oxygen atoms in total. The molecule has 1 rings (SSSR count). The minimum atomic E-state index is -0.583. The number of alkyl halides is 1. The van der Waals surface area contributed by atoms with Crippen LogP contribution in [0, 0.1) is 0 Å². The highest BCUT2D eigenvalue weighted by Gasteiger charge is 2.08. The molecule has 1 aromatic rings. The summed E-state index contributed by atoms with van der Waals surface area (Å²) in [7, 11) is 0. The van der Waals surface area contributed by atoms with E-state index in [1.807, 2.05) is 0 Å². The van der Waals surface area contributed by atoms with Crippen LogP contribution in [-0.4, -0.2) is 19.1 Å². The maximum atomic E-state index is 11.9. The fourth-order valence-corrected chi connectivity index (χ4v) is 1.22. The smallest absolute Gasteiger partial charge is 0.163 e. The van der Waals surface area contributed by atoms with Crippen LogP contribution in [0.2, 0.25) is 5.02 Å². The van der Waals surface area contributed by atoms with Gasteiger partial charge in [-0.1, -0.05) is 11.6 Å². The fourth-order valence-electron chi connectivity index (χ4n) is 1.05. The number of hydrogen-bond acceptors (Lipinski definition) is 2. The van der Waals surface area contributed by atoms with Gasteiger partial charge in [-0.15, -0.1) is 0 Å². The van der Waals surface area contributed by atoms with Crippen LogP contribution in [0.5, 0.6) is 5.75 Å². The molecule has 0 spiro atoms. The highest BCUT2D eigenvalue weighted by atomic mass is 35.5. The zero-order chi connectivity index (χ0) is 10.6. The second kappa shape index (κ2) is 4.96. The van der Waals surface area contributed by atoms with Crippen LogP contribution in [0.3, 0.4) is 0 Å². The number of rotatable bonds is 4. The quantitative estimate of drug-likeness (QED) is 0.724. The average Bonchev–Trinajstić information content (AvgIpc) is 2.15. The maximum Gasteiger partial charge on any atom is 0.163 e. The molecule has 0 N–H and O–H groups in total. The van der Waals surface area contributed by atoms with E-state index in [-0.39, 0.29) is 12.4 Å². The summed E-state index contributed by atoms with van der Waals surface area (Å²) >= 11 is 5.71. The molecule has 0 bridgehead atoms. The van der Waals surface area contributed by atoms with E-state index in [0.717, 1.165) is 0 Å². The minimum absolute atomic E-state index is 0.0537. The molecule has 0 amide bonds. The van der Waals surface area contributed by atoms with Crippen LogP contribution >= 0.6 is 11.6 Å². The molecule has 14 heavy (non-hydrogen) atoms. The Morgan fingerprint density at radius 2 is 2.29 bits per heavy atom. The average molecular weight is 217 g/mol. The number of hydrogen-bond donors (Lipinski definition) is 0. The summed E-state index contributed by atoms with van der Waals surface area (Å²) in [6.45, 7) is 0.774. The first-order chi connectivity index (χ1) is 6.65. The summed E-state index contributed by atoms with van der Waals surface area (Å²) in [6.07, 6.45) is 0. The van der Waals surface area contributed by atoms with Crippen LogP contribution in [0.25, 0.3) is 0 Å². The van der Waals surface area contributed by atoms with Crippen molar-refractivity contribution in [2.75, 3.05) is 13.3 Å². The highest BCUT2D eigenvalue weighted by Crippen LogP contribution is 2.23. The molecule has 0 heterocycles. The lowest BCUT2D eigenvalue weighted by molar-refractivity contribution is 0.101. The highest BCUT2D eigenvalue weighted by molar-refractivity contribution is 6.31. The Bertz CT molecular complexity index is 339. The van der Waals surface area contributed by atoms with Crippen molar-refractivity contribution < 1.29 is 13.9 Å². The Balaban J connectivity index is 2.96. The predicted octanol–water partition coefficient (Wildman–Crippen LogP) is 2.89. The number of benzene rings is 1. The summed E-state index contributed by atoms with van der Waals surface area (Å²) in [5, 5.41) is 0.461. The molecule has 4 heteroatoms. The van der Waals surface area contributed by atoms with Gasteiger partial charge in [-0.3, -0.25) is 4.79 Å². The van der Waals surface area contributed by atoms with E-state index in [1.165, 1.54) is 13.0 Å². The van der Waals surface area contributed by atoms with Crippen molar-refractivity contribution in [1.29, 1.82) is 0 Å². The molecule has 0 aliphatic heterocycles. The summed E-state index contributed by atoms with van der Waals surface area (Å²) in [5.74, 6) is 0.223. The molecule has 0 unspecified atom stereocenters. The van der Waals surface area contributed by atoms with E-state index >= 15 is 0 Å². The van der Waals surface area contributed by atoms with E-state index in [4.69, 9.17) is 16.3 Å². The summed E-state index contributed by atoms with van der Waals surface area (Å²) in [6, 6.07) is 4.67. The van der Waals surface area contributed by atoms with E-state index in [1.54, 1.807) is 12.1 Å². The predicted molar refractivity (Wildman–Crippen MR) is 52.9 cm³/mol. The van der Waals surface area contributed by atoms with Crippen LogP contribution in [0.1, 0.15) is 17.3 Å². The molecule has 0 atom stereocenters. The summed E-state index contributed by atoms with van der Waals surface area (Å²) in [5.41, 5.74) is 0.381. The van der Waals surface area contributed by atoms with E-state index < -0.39 is 6.67 Å². The number of carbonyl (C=O) groups is 1. The zero-order valence-electron chi connectivity index (χ0n) is 7.72. The Morgan fingerprint density at radius 1 is 1.57 bits per heavy atom. The van der Waals surface area contributed by atoms with Gasteiger partial charge in [0.1, 0.15) is 19.0 Å². The van der Waals surface area contributed by atoms with Crippen LogP contribution in [0.4, 0.5) is 4.39 Å². The molecule has 0 aromatic heterocycles. The third-order valence-electron chi connectivity index (χ3n) is 1.66. The third-order valence-corrected chi connectivity index (χ3v) is 1.89. The largest absolute Gasteiger partial charge is 0.490 e. The summed E-state index contributed by atoms with van der Waals surface area (Å²) in [4.78, 5) is 11.1. The standard InChI is InChI=1S/C10H10ClFO2/c1-7(13)9-6-8(11)2-3-10(9)14-5-4-12/h2-3,6H,4-5H2,1H3. The summed E-state index contributed by atoms with van der Waals surface area (Å²) < 4.78 is 16.9. The third kappa shape index (κ3) is 2.70. The first-order valence-corrected chi connectivity index (χ1v) is 4.52. The lowest BCUT2D eigenvalue weighted by Crippen LogP contribution is -2.03. The Hall–Kier alpha value is -1.09. The lowest BCUT2D eigenvalue weighted by Gasteiger charge is -2.07. The molecule has 0 fully saturated rings. The number of ether oxygens (including phenoxy) is 1. The van der Waals surface area contributed by atoms with Crippen molar-refractivity contribution in [3.8, 4) is 5.75 Å². The molecule has 0 aliphatic rings. The molecule has 0 aliphatic carbocycles. The normalized spacial score (nSPS) is 9.93. The second-order valence-corrected chi connectivity index (χ2v) is 3.17. The van der Waals surface area contributed by atoms with Gasteiger partial charge < -0.3 is 4.74 Å². The Kier molecular flexibility index (Phi) is 3.89. The lowest BCUT2D eigenvalue weighted by atomic mass is 10.1. The van der Waals surface area contributed by atoms with Gasteiger partial charge in [-0.25, -0.2) is 4.39 Å². The van der Waals surface area contributed by atoms with E-state index in [2.05, 4.69) is 0 Å². The van der Waals surface area contributed by atoms with Gasteiger partial charge in [0.2, 0.25) is 0 Å². The van der Waals surface area contributed by atoms with Crippen molar-refractivity contribution in [2.24, 2.45) is 0 Å². The molecule has 76 valence electrons. The van der Waals surface area contributed by atoms with Crippen LogP contribution in [-0.2, 0) is 0 Å². The first-order valence-electron chi connectivity index (χ1n) is 4.14. The Morgan fingerprint density at radius 3 is 2.86 bits per heavy atom. The van der Waals surface area contributed by atoms with Crippen LogP contribution < -0.4 is 4.74 Å². The van der Waals surface area contributed by atoms with Gasteiger partial charge in [0.15, 0.2) is 5.78 Å². The van der Waals surface area contributed by atoms with Crippen molar-refractivity contribution in [3.63, 3.8) is 0 Å². The fraction of sp³-hybridized carbons (Fsp3) is 0.300. The van der Waals surface area contributed by atoms with Crippen molar-refractivity contribution in [1.82, 2.24) is 0 Å². The number of carbonyl (C=O) groups excluding carboxylic acids is 1. The first kappa shape index (κ1) is 11.0. The van der Waals surface area contributed by atoms with Crippen LogP contribution in [0.15, 0.2) is 18.2 Å². The molecular formula is C10H10ClFO2. The molecule has 0 saturated carbocycles. The SMILES string of the molecule is CC(=O)c1cc(Cl)ccc1OCCF. The van der Waals surface area contributed by atoms with Gasteiger partial charge in [-0.2, -0.15) is 0 Å². The minimum Gasteiger partial charge on any atom is -0.490 e. The maximum absolute atomic E-state index is 11.9. The molecule has 0 radical (unpaired) electrons. The molecule has 0 saturated heterocycles. The monoisotopic (exact) mass is 216 g/mol. The number of halogens is 2. The second-order valence-electron chi connectivity index (χ2n) is 2.73. The Labute approximate surface area is 86.6 Å². The number of ketones is 1. The number of Topliss-reactive ketones (excluding diaryl/α,β-unsaturated/α-hetero) is 1. The van der Waals surface area contributed by atoms with Gasteiger partial charge in [0, 0.05) is 5.02 Å². The van der Waals surface area contributed by atoms with E-state index in [9.17, 15) is 9.18 Å². The van der Waals surface area contributed by atoms with Crippen molar-refractivity contribution in [3.05, 3.63) is 28.8 Å². The van der Waals surface area contributed by atoms with Gasteiger partial charge >= 0.3 is 0 Å².